The molecule has 8 aromatic carbocycles. The first-order valence-corrected chi connectivity index (χ1v) is 19.9. The van der Waals surface area contributed by atoms with E-state index < -0.39 is 5.41 Å². The summed E-state index contributed by atoms with van der Waals surface area (Å²) in [5.41, 5.74) is 21.3. The van der Waals surface area contributed by atoms with Crippen LogP contribution in [0.4, 0.5) is 17.1 Å². The molecule has 0 heterocycles. The van der Waals surface area contributed by atoms with Gasteiger partial charge in [0.05, 0.1) is 11.1 Å². The fourth-order valence-electron chi connectivity index (χ4n) is 10.8. The summed E-state index contributed by atoms with van der Waals surface area (Å²) in [5, 5.41) is 0. The Labute approximate surface area is 330 Å². The van der Waals surface area contributed by atoms with Gasteiger partial charge in [0.2, 0.25) is 0 Å². The predicted octanol–water partition coefficient (Wildman–Crippen LogP) is 14.1. The molecule has 0 unspecified atom stereocenters. The first kappa shape index (κ1) is 32.9. The lowest BCUT2D eigenvalue weighted by Crippen LogP contribution is -2.28. The minimum atomic E-state index is -0.495. The Morgan fingerprint density at radius 2 is 0.786 bits per heavy atom. The average Bonchev–Trinajstić information content (AvgIpc) is 3.77. The fourth-order valence-corrected chi connectivity index (χ4v) is 10.8. The standard InChI is InChI=1S/C55H43N/c1-53(2)46-27-13-11-25-44(46)52-49(53)30-17-31-51(52)56(39-32-33-43-40-22-8-12-26-45(40)54(3,4)50(43)35-39)38-21-16-20-37(34-38)55(36-18-6-5-7-19-36)47-28-14-9-23-41(47)42-24-10-15-29-48(42)55/h5-35H,1-4H3. The van der Waals surface area contributed by atoms with E-state index in [1.807, 2.05) is 0 Å². The van der Waals surface area contributed by atoms with Crippen LogP contribution in [0.15, 0.2) is 188 Å². The smallest absolute Gasteiger partial charge is 0.0714 e. The number of rotatable bonds is 5. The van der Waals surface area contributed by atoms with Crippen LogP contribution < -0.4 is 4.90 Å². The molecule has 3 aliphatic carbocycles. The zero-order valence-electron chi connectivity index (χ0n) is 32.3. The van der Waals surface area contributed by atoms with Crippen molar-refractivity contribution in [1.82, 2.24) is 0 Å². The lowest BCUT2D eigenvalue weighted by Gasteiger charge is -2.35. The lowest BCUT2D eigenvalue weighted by atomic mass is 9.67. The van der Waals surface area contributed by atoms with E-state index in [2.05, 4.69) is 221 Å². The molecule has 0 N–H and O–H groups in total. The van der Waals surface area contributed by atoms with Gasteiger partial charge < -0.3 is 4.90 Å². The van der Waals surface area contributed by atoms with Crippen molar-refractivity contribution in [3.8, 4) is 33.4 Å². The van der Waals surface area contributed by atoms with Crippen molar-refractivity contribution in [3.63, 3.8) is 0 Å². The van der Waals surface area contributed by atoms with Crippen LogP contribution in [-0.4, -0.2) is 0 Å². The van der Waals surface area contributed by atoms with Crippen LogP contribution in [0.1, 0.15) is 72.2 Å². The monoisotopic (exact) mass is 717 g/mol. The summed E-state index contributed by atoms with van der Waals surface area (Å²) in [6.07, 6.45) is 0. The summed E-state index contributed by atoms with van der Waals surface area (Å²) >= 11 is 0. The molecule has 8 aromatic rings. The number of hydrogen-bond donors (Lipinski definition) is 0. The molecule has 0 bridgehead atoms. The maximum absolute atomic E-state index is 2.55. The van der Waals surface area contributed by atoms with Gasteiger partial charge in [-0.25, -0.2) is 0 Å². The highest BCUT2D eigenvalue weighted by atomic mass is 15.1. The topological polar surface area (TPSA) is 3.24 Å². The molecule has 0 aromatic heterocycles. The molecule has 0 spiro atoms. The minimum absolute atomic E-state index is 0.119. The molecule has 0 atom stereocenters. The Balaban J connectivity index is 1.20. The third kappa shape index (κ3) is 4.32. The zero-order valence-corrected chi connectivity index (χ0v) is 32.3. The molecule has 11 rings (SSSR count). The average molecular weight is 718 g/mol. The molecule has 0 radical (unpaired) electrons. The van der Waals surface area contributed by atoms with Crippen molar-refractivity contribution in [2.75, 3.05) is 4.90 Å². The summed E-state index contributed by atoms with van der Waals surface area (Å²) in [5.74, 6) is 0. The second-order valence-electron chi connectivity index (χ2n) is 16.9. The van der Waals surface area contributed by atoms with Crippen LogP contribution in [0.5, 0.6) is 0 Å². The third-order valence-corrected chi connectivity index (χ3v) is 13.3. The largest absolute Gasteiger partial charge is 0.310 e. The van der Waals surface area contributed by atoms with Gasteiger partial charge in [0.1, 0.15) is 0 Å². The van der Waals surface area contributed by atoms with Crippen molar-refractivity contribution in [1.29, 1.82) is 0 Å². The minimum Gasteiger partial charge on any atom is -0.310 e. The highest BCUT2D eigenvalue weighted by Gasteiger charge is 2.46. The number of hydrogen-bond acceptors (Lipinski definition) is 1. The van der Waals surface area contributed by atoms with Gasteiger partial charge in [0.15, 0.2) is 0 Å². The number of anilines is 3. The summed E-state index contributed by atoms with van der Waals surface area (Å²) < 4.78 is 0. The molecule has 0 saturated carbocycles. The summed E-state index contributed by atoms with van der Waals surface area (Å²) in [6, 6.07) is 70.7. The van der Waals surface area contributed by atoms with E-state index in [0.29, 0.717) is 0 Å². The normalized spacial score (nSPS) is 15.6. The van der Waals surface area contributed by atoms with E-state index >= 15 is 0 Å². The summed E-state index contributed by atoms with van der Waals surface area (Å²) in [6.45, 7) is 9.51. The van der Waals surface area contributed by atoms with Crippen LogP contribution in [0, 0.1) is 0 Å². The van der Waals surface area contributed by atoms with E-state index in [-0.39, 0.29) is 10.8 Å². The highest BCUT2D eigenvalue weighted by Crippen LogP contribution is 2.59. The molecule has 0 fully saturated rings. The Bertz CT molecular complexity index is 2830. The molecule has 0 amide bonds. The van der Waals surface area contributed by atoms with Crippen LogP contribution >= 0.6 is 0 Å². The SMILES string of the molecule is CC1(C)c2ccccc2-c2ccc(N(c3cccc(C4(c5ccccc5)c5ccccc5-c5ccccc54)c3)c3cccc4c3-c3ccccc3C4(C)C)cc21. The summed E-state index contributed by atoms with van der Waals surface area (Å²) in [4.78, 5) is 2.55. The number of nitrogens with zero attached hydrogens (tertiary/aromatic N) is 1. The lowest BCUT2D eigenvalue weighted by molar-refractivity contribution is 0.660. The van der Waals surface area contributed by atoms with Gasteiger partial charge in [-0.15, -0.1) is 0 Å². The maximum atomic E-state index is 2.55. The Kier molecular flexibility index (Phi) is 6.93. The van der Waals surface area contributed by atoms with Gasteiger partial charge in [0.25, 0.3) is 0 Å². The molecule has 1 nitrogen and oxygen atoms in total. The van der Waals surface area contributed by atoms with Gasteiger partial charge >= 0.3 is 0 Å². The van der Waals surface area contributed by atoms with Crippen molar-refractivity contribution >= 4 is 17.1 Å². The Morgan fingerprint density at radius 1 is 0.321 bits per heavy atom. The van der Waals surface area contributed by atoms with Gasteiger partial charge in [-0.1, -0.05) is 185 Å². The van der Waals surface area contributed by atoms with Crippen molar-refractivity contribution in [3.05, 3.63) is 233 Å². The fraction of sp³-hybridized carbons (Fsp3) is 0.127. The van der Waals surface area contributed by atoms with Gasteiger partial charge in [-0.05, 0) is 103 Å². The highest BCUT2D eigenvalue weighted by molar-refractivity contribution is 5.96. The second kappa shape index (κ2) is 11.8. The van der Waals surface area contributed by atoms with Crippen LogP contribution in [-0.2, 0) is 16.2 Å². The van der Waals surface area contributed by atoms with E-state index in [9.17, 15) is 0 Å². The Hall–Kier alpha value is -6.44. The van der Waals surface area contributed by atoms with Crippen molar-refractivity contribution in [2.45, 2.75) is 43.9 Å². The first-order valence-electron chi connectivity index (χ1n) is 19.9. The first-order chi connectivity index (χ1) is 27.3. The van der Waals surface area contributed by atoms with Crippen molar-refractivity contribution in [2.24, 2.45) is 0 Å². The molecular weight excluding hydrogens is 675 g/mol. The third-order valence-electron chi connectivity index (χ3n) is 13.3. The number of benzene rings is 8. The molecular formula is C55H43N. The molecule has 56 heavy (non-hydrogen) atoms. The van der Waals surface area contributed by atoms with Crippen molar-refractivity contribution < 1.29 is 0 Å². The van der Waals surface area contributed by atoms with E-state index in [1.54, 1.807) is 0 Å². The van der Waals surface area contributed by atoms with Gasteiger partial charge in [-0.3, -0.25) is 0 Å². The molecule has 268 valence electrons. The maximum Gasteiger partial charge on any atom is 0.0714 e. The molecule has 0 aliphatic heterocycles. The number of fused-ring (bicyclic) bond motifs is 9. The van der Waals surface area contributed by atoms with Crippen LogP contribution in [0.2, 0.25) is 0 Å². The van der Waals surface area contributed by atoms with E-state index in [0.717, 1.165) is 5.69 Å². The second-order valence-corrected chi connectivity index (χ2v) is 16.9. The zero-order chi connectivity index (χ0) is 37.8. The summed E-state index contributed by atoms with van der Waals surface area (Å²) in [7, 11) is 0. The van der Waals surface area contributed by atoms with Crippen LogP contribution in [0.25, 0.3) is 33.4 Å². The molecule has 1 heteroatoms. The van der Waals surface area contributed by atoms with E-state index in [1.165, 1.54) is 89.3 Å². The predicted molar refractivity (Wildman–Crippen MR) is 234 cm³/mol. The quantitative estimate of drug-likeness (QED) is 0.171. The molecule has 3 aliphatic rings. The van der Waals surface area contributed by atoms with Gasteiger partial charge in [0, 0.05) is 27.8 Å². The van der Waals surface area contributed by atoms with Crippen LogP contribution in [0.3, 0.4) is 0 Å². The van der Waals surface area contributed by atoms with E-state index in [4.69, 9.17) is 0 Å². The molecule has 0 saturated heterocycles. The Morgan fingerprint density at radius 3 is 1.46 bits per heavy atom. The van der Waals surface area contributed by atoms with Gasteiger partial charge in [-0.2, -0.15) is 0 Å².